The fourth-order valence-electron chi connectivity index (χ4n) is 2.08. The van der Waals surface area contributed by atoms with Gasteiger partial charge < -0.3 is 4.74 Å². The lowest BCUT2D eigenvalue weighted by molar-refractivity contribution is 0.188. The van der Waals surface area contributed by atoms with Gasteiger partial charge in [-0.25, -0.2) is 0 Å². The van der Waals surface area contributed by atoms with Crippen molar-refractivity contribution in [3.05, 3.63) is 54.1 Å². The first kappa shape index (κ1) is 12.0. The average Bonchev–Trinajstić information content (AvgIpc) is 2.38. The zero-order valence-corrected chi connectivity index (χ0v) is 10.6. The largest absolute Gasteiger partial charge is 0.485 e. The third-order valence-corrected chi connectivity index (χ3v) is 2.96. The van der Waals surface area contributed by atoms with E-state index in [1.165, 1.54) is 5.57 Å². The van der Waals surface area contributed by atoms with E-state index in [1.807, 2.05) is 30.3 Å². The normalized spacial score (nSPS) is 16.8. The Morgan fingerprint density at radius 3 is 2.41 bits per heavy atom. The first-order chi connectivity index (χ1) is 8.27. The molecule has 1 atom stereocenters. The van der Waals surface area contributed by atoms with Gasteiger partial charge in [-0.3, -0.25) is 0 Å². The summed E-state index contributed by atoms with van der Waals surface area (Å²) >= 11 is 0. The molecule has 0 saturated carbocycles. The maximum Gasteiger partial charge on any atom is 0.126 e. The minimum atomic E-state index is 0.161. The van der Waals surface area contributed by atoms with Gasteiger partial charge >= 0.3 is 0 Å². The fourth-order valence-corrected chi connectivity index (χ4v) is 2.08. The van der Waals surface area contributed by atoms with Crippen LogP contribution in [-0.4, -0.2) is 6.10 Å². The van der Waals surface area contributed by atoms with Crippen molar-refractivity contribution in [1.29, 1.82) is 0 Å². The van der Waals surface area contributed by atoms with E-state index in [1.54, 1.807) is 0 Å². The van der Waals surface area contributed by atoms with Gasteiger partial charge in [0.15, 0.2) is 0 Å². The van der Waals surface area contributed by atoms with Crippen molar-refractivity contribution < 1.29 is 4.74 Å². The van der Waals surface area contributed by atoms with Crippen LogP contribution in [-0.2, 0) is 0 Å². The Kier molecular flexibility index (Phi) is 4.03. The Morgan fingerprint density at radius 1 is 1.06 bits per heavy atom. The second-order valence-corrected chi connectivity index (χ2v) is 4.78. The summed E-state index contributed by atoms with van der Waals surface area (Å²) in [5, 5.41) is 0. The van der Waals surface area contributed by atoms with Gasteiger partial charge in [-0.2, -0.15) is 0 Å². The van der Waals surface area contributed by atoms with E-state index >= 15 is 0 Å². The lowest BCUT2D eigenvalue weighted by atomic mass is 9.94. The first-order valence-electron chi connectivity index (χ1n) is 6.35. The molecule has 0 N–H and O–H groups in total. The summed E-state index contributed by atoms with van der Waals surface area (Å²) in [7, 11) is 0. The monoisotopic (exact) mass is 228 g/mol. The third kappa shape index (κ3) is 3.23. The maximum atomic E-state index is 6.10. The van der Waals surface area contributed by atoms with Gasteiger partial charge in [-0.15, -0.1) is 0 Å². The Hall–Kier alpha value is -1.50. The van der Waals surface area contributed by atoms with Crippen molar-refractivity contribution in [3.63, 3.8) is 0 Å². The number of allylic oxidation sites excluding steroid dienone is 2. The second-order valence-electron chi connectivity index (χ2n) is 4.78. The van der Waals surface area contributed by atoms with Crippen LogP contribution < -0.4 is 4.74 Å². The molecule has 2 rings (SSSR count). The maximum absolute atomic E-state index is 6.10. The quantitative estimate of drug-likeness (QED) is 0.743. The highest BCUT2D eigenvalue weighted by Crippen LogP contribution is 2.24. The lowest BCUT2D eigenvalue weighted by Crippen LogP contribution is -2.25. The summed E-state index contributed by atoms with van der Waals surface area (Å²) in [6.45, 7) is 4.41. The van der Waals surface area contributed by atoms with Crippen molar-refractivity contribution in [1.82, 2.24) is 0 Å². The summed E-state index contributed by atoms with van der Waals surface area (Å²) < 4.78 is 6.10. The molecule has 0 aliphatic heterocycles. The van der Waals surface area contributed by atoms with E-state index in [4.69, 9.17) is 4.74 Å². The Bertz CT molecular complexity index is 401. The standard InChI is InChI=1S/C16H20O/c1-13(2)16(14-9-5-3-6-10-14)17-15-11-7-4-8-12-15/h4-5,7-13,16H,3,6H2,1-2H3. The molecule has 1 aromatic rings. The second kappa shape index (κ2) is 5.72. The molecule has 1 unspecified atom stereocenters. The molecule has 1 nitrogen and oxygen atoms in total. The zero-order chi connectivity index (χ0) is 12.1. The van der Waals surface area contributed by atoms with E-state index < -0.39 is 0 Å². The van der Waals surface area contributed by atoms with Crippen molar-refractivity contribution >= 4 is 0 Å². The predicted molar refractivity (Wildman–Crippen MR) is 72.2 cm³/mol. The highest BCUT2D eigenvalue weighted by molar-refractivity contribution is 5.30. The van der Waals surface area contributed by atoms with Crippen LogP contribution in [0.3, 0.4) is 0 Å². The Labute approximate surface area is 104 Å². The summed E-state index contributed by atoms with van der Waals surface area (Å²) in [5.41, 5.74) is 1.31. The van der Waals surface area contributed by atoms with Crippen LogP contribution in [0.1, 0.15) is 26.7 Å². The van der Waals surface area contributed by atoms with Gasteiger partial charge in [-0.1, -0.05) is 50.3 Å². The van der Waals surface area contributed by atoms with Crippen molar-refractivity contribution in [2.24, 2.45) is 5.92 Å². The predicted octanol–water partition coefficient (Wildman–Crippen LogP) is 4.37. The van der Waals surface area contributed by atoms with E-state index in [9.17, 15) is 0 Å². The number of para-hydroxylation sites is 1. The van der Waals surface area contributed by atoms with Crippen LogP contribution in [0.15, 0.2) is 54.1 Å². The molecule has 1 aliphatic rings. The third-order valence-electron chi connectivity index (χ3n) is 2.96. The molecular formula is C16H20O. The minimum Gasteiger partial charge on any atom is -0.485 e. The molecule has 0 aromatic heterocycles. The summed E-state index contributed by atoms with van der Waals surface area (Å²) in [5.74, 6) is 1.43. The van der Waals surface area contributed by atoms with Crippen LogP contribution in [0, 0.1) is 5.92 Å². The van der Waals surface area contributed by atoms with Gasteiger partial charge in [0.25, 0.3) is 0 Å². The van der Waals surface area contributed by atoms with Crippen LogP contribution in [0.4, 0.5) is 0 Å². The average molecular weight is 228 g/mol. The SMILES string of the molecule is CC(C)C(Oc1ccccc1)C1=CCCC=C1. The minimum absolute atomic E-state index is 0.161. The number of rotatable bonds is 4. The molecule has 1 aliphatic carbocycles. The molecule has 0 radical (unpaired) electrons. The first-order valence-corrected chi connectivity index (χ1v) is 6.35. The van der Waals surface area contributed by atoms with Gasteiger partial charge in [0.1, 0.15) is 11.9 Å². The Balaban J connectivity index is 2.13. The molecule has 0 bridgehead atoms. The van der Waals surface area contributed by atoms with Gasteiger partial charge in [0, 0.05) is 0 Å². The highest BCUT2D eigenvalue weighted by atomic mass is 16.5. The zero-order valence-electron chi connectivity index (χ0n) is 10.6. The molecule has 1 heteroatoms. The van der Waals surface area contributed by atoms with Crippen molar-refractivity contribution in [2.45, 2.75) is 32.8 Å². The molecule has 90 valence electrons. The molecule has 0 spiro atoms. The number of hydrogen-bond donors (Lipinski definition) is 0. The molecule has 0 saturated heterocycles. The van der Waals surface area contributed by atoms with Crippen molar-refractivity contribution in [3.8, 4) is 5.75 Å². The number of ether oxygens (including phenoxy) is 1. The Morgan fingerprint density at radius 2 is 1.82 bits per heavy atom. The number of benzene rings is 1. The van der Waals surface area contributed by atoms with Crippen molar-refractivity contribution in [2.75, 3.05) is 0 Å². The lowest BCUT2D eigenvalue weighted by Gasteiger charge is -2.25. The van der Waals surface area contributed by atoms with E-state index in [0.717, 1.165) is 18.6 Å². The van der Waals surface area contributed by atoms with Crippen LogP contribution >= 0.6 is 0 Å². The van der Waals surface area contributed by atoms with Crippen LogP contribution in [0.5, 0.6) is 5.75 Å². The van der Waals surface area contributed by atoms with E-state index in [0.29, 0.717) is 5.92 Å². The van der Waals surface area contributed by atoms with E-state index in [2.05, 4.69) is 32.1 Å². The molecule has 0 fully saturated rings. The highest BCUT2D eigenvalue weighted by Gasteiger charge is 2.19. The molecular weight excluding hydrogens is 208 g/mol. The topological polar surface area (TPSA) is 9.23 Å². The summed E-state index contributed by atoms with van der Waals surface area (Å²) in [6.07, 6.45) is 9.19. The van der Waals surface area contributed by atoms with Crippen LogP contribution in [0.2, 0.25) is 0 Å². The van der Waals surface area contributed by atoms with Gasteiger partial charge in [-0.05, 0) is 36.5 Å². The summed E-state index contributed by atoms with van der Waals surface area (Å²) in [4.78, 5) is 0. The molecule has 0 heterocycles. The molecule has 0 amide bonds. The molecule has 17 heavy (non-hydrogen) atoms. The van der Waals surface area contributed by atoms with Gasteiger partial charge in [0.2, 0.25) is 0 Å². The van der Waals surface area contributed by atoms with Crippen LogP contribution in [0.25, 0.3) is 0 Å². The fraction of sp³-hybridized carbons (Fsp3) is 0.375. The van der Waals surface area contributed by atoms with E-state index in [-0.39, 0.29) is 6.10 Å². The molecule has 1 aromatic carbocycles. The number of hydrogen-bond acceptors (Lipinski definition) is 1. The summed E-state index contributed by atoms with van der Waals surface area (Å²) in [6, 6.07) is 10.1. The van der Waals surface area contributed by atoms with Gasteiger partial charge in [0.05, 0.1) is 0 Å². The smallest absolute Gasteiger partial charge is 0.126 e.